The highest BCUT2D eigenvalue weighted by molar-refractivity contribution is 7.14. The van der Waals surface area contributed by atoms with E-state index in [1.807, 2.05) is 17.5 Å². The monoisotopic (exact) mass is 523 g/mol. The third-order valence-corrected chi connectivity index (χ3v) is 8.82. The summed E-state index contributed by atoms with van der Waals surface area (Å²) >= 11 is 1.38. The zero-order valence-electron chi connectivity index (χ0n) is 21.3. The van der Waals surface area contributed by atoms with Crippen molar-refractivity contribution >= 4 is 28.3 Å². The molecular formula is C31H29N3O3S. The van der Waals surface area contributed by atoms with Crippen LogP contribution < -0.4 is 5.32 Å². The number of benzene rings is 3. The minimum absolute atomic E-state index is 0.0158. The average molecular weight is 524 g/mol. The Morgan fingerprint density at radius 3 is 2.34 bits per heavy atom. The summed E-state index contributed by atoms with van der Waals surface area (Å²) in [6, 6.07) is 24.3. The number of hydrogen-bond donors (Lipinski definition) is 2. The number of hydrogen-bond acceptors (Lipinski definition) is 5. The SMILES string of the molecule is CN(CCO)C(=O)c1cccc(-c2csc(NC(=O)C3(C)CC4c5ccccc5C3c3ccccc34)n2)c1. The molecule has 2 amide bonds. The van der Waals surface area contributed by atoms with Crippen LogP contribution in [0, 0.1) is 5.41 Å². The minimum Gasteiger partial charge on any atom is -0.395 e. The fourth-order valence-corrected chi connectivity index (χ4v) is 6.89. The summed E-state index contributed by atoms with van der Waals surface area (Å²) in [5, 5.41) is 14.7. The smallest absolute Gasteiger partial charge is 0.253 e. The largest absolute Gasteiger partial charge is 0.395 e. The first-order chi connectivity index (χ1) is 18.4. The summed E-state index contributed by atoms with van der Waals surface area (Å²) in [6.07, 6.45) is 0.751. The zero-order chi connectivity index (χ0) is 26.4. The molecule has 3 aromatic carbocycles. The Morgan fingerprint density at radius 2 is 1.68 bits per heavy atom. The van der Waals surface area contributed by atoms with Gasteiger partial charge in [-0.2, -0.15) is 0 Å². The molecule has 0 spiro atoms. The molecule has 0 saturated carbocycles. The van der Waals surface area contributed by atoms with E-state index in [-0.39, 0.29) is 36.8 Å². The number of aliphatic hydroxyl groups is 1. The van der Waals surface area contributed by atoms with E-state index in [9.17, 15) is 9.59 Å². The molecule has 0 fully saturated rings. The molecular weight excluding hydrogens is 494 g/mol. The lowest BCUT2D eigenvalue weighted by molar-refractivity contribution is -0.126. The molecule has 7 heteroatoms. The van der Waals surface area contributed by atoms with Gasteiger partial charge in [-0.15, -0.1) is 11.3 Å². The predicted molar refractivity (Wildman–Crippen MR) is 150 cm³/mol. The second-order valence-electron chi connectivity index (χ2n) is 10.4. The molecule has 1 aromatic heterocycles. The molecule has 2 N–H and O–H groups in total. The lowest BCUT2D eigenvalue weighted by Crippen LogP contribution is -2.47. The normalized spacial score (nSPS) is 20.9. The van der Waals surface area contributed by atoms with E-state index in [1.54, 1.807) is 19.2 Å². The number of carbonyl (C=O) groups excluding carboxylic acids is 2. The Labute approximate surface area is 226 Å². The van der Waals surface area contributed by atoms with Crippen LogP contribution in [0.5, 0.6) is 0 Å². The molecule has 1 unspecified atom stereocenters. The third kappa shape index (κ3) is 3.94. The molecule has 7 rings (SSSR count). The van der Waals surface area contributed by atoms with Gasteiger partial charge in [-0.05, 0) is 47.7 Å². The van der Waals surface area contributed by atoms with Crippen LogP contribution in [-0.2, 0) is 4.79 Å². The molecule has 3 aliphatic carbocycles. The van der Waals surface area contributed by atoms with Gasteiger partial charge in [0.15, 0.2) is 5.13 Å². The number of anilines is 1. The molecule has 0 aliphatic heterocycles. The topological polar surface area (TPSA) is 82.5 Å². The number of nitrogens with one attached hydrogen (secondary N) is 1. The molecule has 192 valence electrons. The predicted octanol–water partition coefficient (Wildman–Crippen LogP) is 5.50. The highest BCUT2D eigenvalue weighted by Crippen LogP contribution is 2.61. The van der Waals surface area contributed by atoms with Gasteiger partial charge in [0.05, 0.1) is 17.7 Å². The Hall–Kier alpha value is -3.81. The van der Waals surface area contributed by atoms with Gasteiger partial charge in [-0.25, -0.2) is 4.98 Å². The number of fused-ring (bicyclic) bond motifs is 1. The molecule has 38 heavy (non-hydrogen) atoms. The van der Waals surface area contributed by atoms with Gasteiger partial charge in [0.2, 0.25) is 5.91 Å². The second kappa shape index (κ2) is 9.49. The van der Waals surface area contributed by atoms with E-state index in [4.69, 9.17) is 10.1 Å². The number of nitrogens with zero attached hydrogens (tertiary/aromatic N) is 2. The van der Waals surface area contributed by atoms with E-state index < -0.39 is 5.41 Å². The van der Waals surface area contributed by atoms with Crippen molar-refractivity contribution in [2.45, 2.75) is 25.2 Å². The Bertz CT molecular complexity index is 1500. The van der Waals surface area contributed by atoms with Crippen molar-refractivity contribution in [2.24, 2.45) is 5.41 Å². The van der Waals surface area contributed by atoms with Crippen molar-refractivity contribution in [3.8, 4) is 11.3 Å². The summed E-state index contributed by atoms with van der Waals surface area (Å²) < 4.78 is 0. The molecule has 2 bridgehead atoms. The van der Waals surface area contributed by atoms with Gasteiger partial charge >= 0.3 is 0 Å². The maximum atomic E-state index is 13.9. The molecule has 1 atom stereocenters. The van der Waals surface area contributed by atoms with Crippen LogP contribution >= 0.6 is 11.3 Å². The van der Waals surface area contributed by atoms with Crippen molar-refractivity contribution in [1.29, 1.82) is 0 Å². The molecule has 0 radical (unpaired) electrons. The summed E-state index contributed by atoms with van der Waals surface area (Å²) in [6.45, 7) is 2.26. The van der Waals surface area contributed by atoms with Crippen molar-refractivity contribution in [3.05, 3.63) is 106 Å². The second-order valence-corrected chi connectivity index (χ2v) is 11.2. The molecule has 3 aliphatic rings. The van der Waals surface area contributed by atoms with Gasteiger partial charge in [-0.3, -0.25) is 9.59 Å². The van der Waals surface area contributed by atoms with Crippen LogP contribution in [0.4, 0.5) is 5.13 Å². The van der Waals surface area contributed by atoms with Gasteiger partial charge in [-0.1, -0.05) is 60.7 Å². The first kappa shape index (κ1) is 24.5. The maximum Gasteiger partial charge on any atom is 0.253 e. The van der Waals surface area contributed by atoms with Crippen molar-refractivity contribution in [2.75, 3.05) is 25.5 Å². The first-order valence-corrected chi connectivity index (χ1v) is 13.7. The lowest BCUT2D eigenvalue weighted by atomic mass is 9.52. The zero-order valence-corrected chi connectivity index (χ0v) is 22.2. The van der Waals surface area contributed by atoms with Gasteiger partial charge in [0.1, 0.15) is 0 Å². The van der Waals surface area contributed by atoms with Crippen molar-refractivity contribution in [1.82, 2.24) is 9.88 Å². The average Bonchev–Trinajstić information content (AvgIpc) is 3.41. The fraction of sp³-hybridized carbons (Fsp3) is 0.258. The van der Waals surface area contributed by atoms with Gasteiger partial charge in [0.25, 0.3) is 5.91 Å². The van der Waals surface area contributed by atoms with Gasteiger partial charge < -0.3 is 15.3 Å². The van der Waals surface area contributed by atoms with E-state index in [2.05, 4.69) is 60.8 Å². The number of thiazole rings is 1. The number of carbonyl (C=O) groups is 2. The Balaban J connectivity index is 1.26. The Kier molecular flexibility index (Phi) is 6.13. The quantitative estimate of drug-likeness (QED) is 0.350. The molecule has 1 heterocycles. The highest BCUT2D eigenvalue weighted by atomic mass is 32.1. The van der Waals surface area contributed by atoms with E-state index in [0.717, 1.165) is 12.0 Å². The van der Waals surface area contributed by atoms with E-state index >= 15 is 0 Å². The third-order valence-electron chi connectivity index (χ3n) is 8.06. The summed E-state index contributed by atoms with van der Waals surface area (Å²) in [5.41, 5.74) is 6.57. The van der Waals surface area contributed by atoms with Crippen LogP contribution in [0.2, 0.25) is 0 Å². The minimum atomic E-state index is -0.608. The first-order valence-electron chi connectivity index (χ1n) is 12.8. The highest BCUT2D eigenvalue weighted by Gasteiger charge is 2.53. The van der Waals surface area contributed by atoms with Crippen molar-refractivity contribution < 1.29 is 14.7 Å². The summed E-state index contributed by atoms with van der Waals surface area (Å²) in [7, 11) is 1.66. The van der Waals surface area contributed by atoms with Crippen LogP contribution in [0.25, 0.3) is 11.3 Å². The van der Waals surface area contributed by atoms with Gasteiger partial charge in [0, 0.05) is 41.9 Å². The van der Waals surface area contributed by atoms with Crippen LogP contribution in [0.15, 0.2) is 78.2 Å². The van der Waals surface area contributed by atoms with Crippen molar-refractivity contribution in [3.63, 3.8) is 0 Å². The standard InChI is InChI=1S/C31H29N3O3S/c1-31(17-25-21-10-3-5-12-23(21)27(31)24-13-6-4-11-22(24)25)29(37)33-30-32-26(18-38-30)19-8-7-9-20(16-19)28(36)34(2)14-15-35/h3-13,16,18,25,27,35H,14-15,17H2,1-2H3,(H,32,33,37). The molecule has 4 aromatic rings. The summed E-state index contributed by atoms with van der Waals surface area (Å²) in [4.78, 5) is 32.8. The van der Waals surface area contributed by atoms with Crippen LogP contribution in [0.3, 0.4) is 0 Å². The number of aromatic nitrogens is 1. The van der Waals surface area contributed by atoms with E-state index in [1.165, 1.54) is 38.5 Å². The fourth-order valence-electron chi connectivity index (χ4n) is 6.18. The lowest BCUT2D eigenvalue weighted by Gasteiger charge is -2.50. The number of amides is 2. The van der Waals surface area contributed by atoms with E-state index in [0.29, 0.717) is 16.4 Å². The van der Waals surface area contributed by atoms with Crippen LogP contribution in [0.1, 0.15) is 57.8 Å². The number of aliphatic hydroxyl groups excluding tert-OH is 1. The summed E-state index contributed by atoms with van der Waals surface area (Å²) in [5.74, 6) is -0.00496. The number of rotatable bonds is 6. The molecule has 0 saturated heterocycles. The van der Waals surface area contributed by atoms with Crippen LogP contribution in [-0.4, -0.2) is 47.0 Å². The number of likely N-dealkylation sites (N-methyl/N-ethyl adjacent to an activating group) is 1. The Morgan fingerprint density at radius 1 is 1.03 bits per heavy atom. The maximum absolute atomic E-state index is 13.9. The molecule has 6 nitrogen and oxygen atoms in total.